The van der Waals surface area contributed by atoms with Gasteiger partial charge in [0.15, 0.2) is 0 Å². The largest absolute Gasteiger partial charge is 0.512 e. The first kappa shape index (κ1) is 22.8. The third kappa shape index (κ3) is 3.80. The van der Waals surface area contributed by atoms with Crippen LogP contribution in [0.15, 0.2) is 0 Å². The molecule has 0 aromatic heterocycles. The normalized spacial score (nSPS) is 35.0. The molecule has 4 aliphatic carbocycles. The maximum atomic E-state index is 12.9. The molecule has 168 valence electrons. The second-order valence-electron chi connectivity index (χ2n) is 9.49. The number of ether oxygens (including phenoxy) is 1. The number of sulfonamides is 2. The average Bonchev–Trinajstić information content (AvgIpc) is 2.50. The molecule has 7 nitrogen and oxygen atoms in total. The van der Waals surface area contributed by atoms with Crippen molar-refractivity contribution in [2.75, 3.05) is 0 Å². The molecule has 2 atom stereocenters. The molecular weight excluding hydrogens is 435 g/mol. The Bertz CT molecular complexity index is 896. The van der Waals surface area contributed by atoms with Crippen molar-refractivity contribution in [2.45, 2.75) is 81.6 Å². The molecular formula is C17H26F3NO6S2. The number of halogens is 3. The minimum atomic E-state index is -6.06. The van der Waals surface area contributed by atoms with E-state index in [1.807, 2.05) is 6.92 Å². The molecule has 4 fully saturated rings. The van der Waals surface area contributed by atoms with Crippen LogP contribution in [0.3, 0.4) is 0 Å². The second kappa shape index (κ2) is 6.56. The van der Waals surface area contributed by atoms with Gasteiger partial charge in [0.05, 0.1) is 10.2 Å². The standard InChI is InChI=1S/C17H26F3NO6S2/c1-4-14(2,3)13(22)27-15-6-11-5-12(7-15)9-16(8-11,10-15)28(23,24)21-29(25,26)17(18,19)20/h11-12,21H,4-10H2,1-3H3. The van der Waals surface area contributed by atoms with Crippen molar-refractivity contribution in [3.63, 3.8) is 0 Å². The highest BCUT2D eigenvalue weighted by Gasteiger charge is 2.66. The molecule has 0 aromatic carbocycles. The lowest BCUT2D eigenvalue weighted by molar-refractivity contribution is -0.193. The second-order valence-corrected chi connectivity index (χ2v) is 13.5. The lowest BCUT2D eigenvalue weighted by Crippen LogP contribution is -2.66. The smallest absolute Gasteiger partial charge is 0.459 e. The van der Waals surface area contributed by atoms with Gasteiger partial charge in [-0.15, -0.1) is 4.13 Å². The molecule has 12 heteroatoms. The van der Waals surface area contributed by atoms with E-state index in [0.29, 0.717) is 25.7 Å². The van der Waals surface area contributed by atoms with E-state index < -0.39 is 47.3 Å². The summed E-state index contributed by atoms with van der Waals surface area (Å²) in [4.78, 5) is 12.7. The molecule has 0 heterocycles. The zero-order valence-corrected chi connectivity index (χ0v) is 18.1. The molecule has 29 heavy (non-hydrogen) atoms. The van der Waals surface area contributed by atoms with Gasteiger partial charge in [0.25, 0.3) is 0 Å². The molecule has 4 rings (SSSR count). The summed E-state index contributed by atoms with van der Waals surface area (Å²) in [6.45, 7) is 5.23. The number of carbonyl (C=O) groups is 1. The van der Waals surface area contributed by atoms with Crippen molar-refractivity contribution in [1.82, 2.24) is 4.13 Å². The van der Waals surface area contributed by atoms with Gasteiger partial charge in [-0.25, -0.2) is 16.8 Å². The maximum absolute atomic E-state index is 12.9. The summed E-state index contributed by atoms with van der Waals surface area (Å²) in [5.74, 6) is -0.789. The Kier molecular flexibility index (Phi) is 5.15. The zero-order valence-electron chi connectivity index (χ0n) is 16.5. The number of rotatable bonds is 6. The van der Waals surface area contributed by atoms with Gasteiger partial charge in [0.1, 0.15) is 5.60 Å². The van der Waals surface area contributed by atoms with E-state index in [1.54, 1.807) is 13.8 Å². The van der Waals surface area contributed by atoms with Crippen molar-refractivity contribution in [2.24, 2.45) is 17.3 Å². The average molecular weight is 462 g/mol. The van der Waals surface area contributed by atoms with Gasteiger partial charge < -0.3 is 4.74 Å². The van der Waals surface area contributed by atoms with E-state index in [0.717, 1.165) is 4.13 Å². The van der Waals surface area contributed by atoms with Crippen molar-refractivity contribution >= 4 is 26.0 Å². The van der Waals surface area contributed by atoms with Crippen LogP contribution in [0.4, 0.5) is 13.2 Å². The van der Waals surface area contributed by atoms with E-state index in [-0.39, 0.29) is 31.1 Å². The summed E-state index contributed by atoms with van der Waals surface area (Å²) in [5, 5.41) is 0. The fourth-order valence-electron chi connectivity index (χ4n) is 5.29. The molecule has 0 saturated heterocycles. The Hall–Kier alpha value is -0.880. The third-order valence-electron chi connectivity index (χ3n) is 6.79. The Morgan fingerprint density at radius 1 is 1.07 bits per heavy atom. The van der Waals surface area contributed by atoms with Crippen molar-refractivity contribution in [3.8, 4) is 0 Å². The summed E-state index contributed by atoms with van der Waals surface area (Å²) < 4.78 is 92.1. The van der Waals surface area contributed by atoms with E-state index in [4.69, 9.17) is 4.74 Å². The van der Waals surface area contributed by atoms with Crippen LogP contribution in [0.1, 0.15) is 65.7 Å². The summed E-state index contributed by atoms with van der Waals surface area (Å²) >= 11 is 0. The molecule has 0 aromatic rings. The molecule has 2 unspecified atom stereocenters. The summed E-state index contributed by atoms with van der Waals surface area (Å²) in [5.41, 5.74) is -7.62. The van der Waals surface area contributed by atoms with Crippen LogP contribution in [0.5, 0.6) is 0 Å². The zero-order chi connectivity index (χ0) is 22.1. The topological polar surface area (TPSA) is 107 Å². The summed E-state index contributed by atoms with van der Waals surface area (Å²) in [6.07, 6.45) is 2.01. The first-order valence-corrected chi connectivity index (χ1v) is 12.5. The highest BCUT2D eigenvalue weighted by Crippen LogP contribution is 2.61. The Labute approximate surface area is 168 Å². The van der Waals surface area contributed by atoms with Gasteiger partial charge in [-0.2, -0.15) is 13.2 Å². The summed E-state index contributed by atoms with van der Waals surface area (Å²) in [6, 6.07) is 0. The van der Waals surface area contributed by atoms with E-state index >= 15 is 0 Å². The molecule has 4 bridgehead atoms. The van der Waals surface area contributed by atoms with Crippen LogP contribution in [0.25, 0.3) is 0 Å². The van der Waals surface area contributed by atoms with Crippen molar-refractivity contribution < 1.29 is 39.5 Å². The minimum Gasteiger partial charge on any atom is -0.459 e. The van der Waals surface area contributed by atoms with Crippen LogP contribution in [0.2, 0.25) is 0 Å². The van der Waals surface area contributed by atoms with Gasteiger partial charge in [-0.05, 0) is 64.2 Å². The number of hydrogen-bond acceptors (Lipinski definition) is 6. The van der Waals surface area contributed by atoms with Gasteiger partial charge in [-0.3, -0.25) is 4.79 Å². The number of esters is 1. The number of carbonyl (C=O) groups excluding carboxylic acids is 1. The molecule has 0 spiro atoms. The Morgan fingerprint density at radius 2 is 1.59 bits per heavy atom. The highest BCUT2D eigenvalue weighted by atomic mass is 32.3. The van der Waals surface area contributed by atoms with Crippen molar-refractivity contribution in [3.05, 3.63) is 0 Å². The quantitative estimate of drug-likeness (QED) is 0.610. The van der Waals surface area contributed by atoms with Gasteiger partial charge in [0, 0.05) is 6.42 Å². The molecule has 0 radical (unpaired) electrons. The van der Waals surface area contributed by atoms with Gasteiger partial charge in [0.2, 0.25) is 10.0 Å². The summed E-state index contributed by atoms with van der Waals surface area (Å²) in [7, 11) is -10.9. The van der Waals surface area contributed by atoms with E-state index in [1.165, 1.54) is 0 Å². The molecule has 1 N–H and O–H groups in total. The monoisotopic (exact) mass is 461 g/mol. The van der Waals surface area contributed by atoms with Crippen LogP contribution in [-0.2, 0) is 29.6 Å². The molecule has 4 aliphatic rings. The maximum Gasteiger partial charge on any atom is 0.512 e. The molecule has 4 saturated carbocycles. The minimum absolute atomic E-state index is 0.0582. The molecule has 0 aliphatic heterocycles. The lowest BCUT2D eigenvalue weighted by atomic mass is 9.53. The fourth-order valence-corrected chi connectivity index (χ4v) is 8.89. The number of hydrogen-bond donors (Lipinski definition) is 1. The van der Waals surface area contributed by atoms with Crippen LogP contribution in [0, 0.1) is 17.3 Å². The van der Waals surface area contributed by atoms with Gasteiger partial charge >= 0.3 is 21.5 Å². The SMILES string of the molecule is CCC(C)(C)C(=O)OC12CC3CC(C1)CC(S(=O)(=O)NS(=O)(=O)C(F)(F)F)(C3)C2. The van der Waals surface area contributed by atoms with Crippen LogP contribution >= 0.6 is 0 Å². The first-order valence-electron chi connectivity index (χ1n) is 9.54. The predicted octanol–water partition coefficient (Wildman–Crippen LogP) is 2.83. The fraction of sp³-hybridized carbons (Fsp3) is 0.941. The van der Waals surface area contributed by atoms with Crippen molar-refractivity contribution in [1.29, 1.82) is 0 Å². The number of alkyl halides is 3. The first-order chi connectivity index (χ1) is 13.0. The molecule has 0 amide bonds. The third-order valence-corrected chi connectivity index (χ3v) is 10.8. The van der Waals surface area contributed by atoms with Gasteiger partial charge in [-0.1, -0.05) is 6.92 Å². The Balaban J connectivity index is 1.94. The van der Waals surface area contributed by atoms with E-state index in [9.17, 15) is 34.8 Å². The van der Waals surface area contributed by atoms with Crippen LogP contribution < -0.4 is 4.13 Å². The Morgan fingerprint density at radius 3 is 2.03 bits per heavy atom. The lowest BCUT2D eigenvalue weighted by Gasteiger charge is -2.60. The number of nitrogens with one attached hydrogen (secondary N) is 1. The highest BCUT2D eigenvalue weighted by molar-refractivity contribution is 8.05. The van der Waals surface area contributed by atoms with E-state index in [2.05, 4.69) is 0 Å². The van der Waals surface area contributed by atoms with Crippen LogP contribution in [-0.4, -0.2) is 38.7 Å². The predicted molar refractivity (Wildman–Crippen MR) is 97.3 cm³/mol.